The lowest BCUT2D eigenvalue weighted by Gasteiger charge is -2.14. The number of carbonyl (C=O) groups is 1. The van der Waals surface area contributed by atoms with Gasteiger partial charge in [-0.05, 0) is 36.4 Å². The van der Waals surface area contributed by atoms with Crippen LogP contribution in [0.3, 0.4) is 0 Å². The number of ether oxygens (including phenoxy) is 1. The van der Waals surface area contributed by atoms with Gasteiger partial charge < -0.3 is 10.1 Å². The molecule has 0 radical (unpaired) electrons. The Labute approximate surface area is 188 Å². The first-order valence-electron chi connectivity index (χ1n) is 8.33. The Hall–Kier alpha value is -2.52. The van der Waals surface area contributed by atoms with Crippen LogP contribution in [0, 0.1) is 0 Å². The highest BCUT2D eigenvalue weighted by Gasteiger charge is 2.20. The van der Waals surface area contributed by atoms with Crippen LogP contribution < -0.4 is 14.8 Å². The summed E-state index contributed by atoms with van der Waals surface area (Å²) in [6.45, 7) is 0. The monoisotopic (exact) mass is 485 g/mol. The van der Waals surface area contributed by atoms with Gasteiger partial charge in [-0.1, -0.05) is 46.9 Å². The van der Waals surface area contributed by atoms with Crippen LogP contribution in [0.4, 0.5) is 5.69 Å². The fourth-order valence-electron chi connectivity index (χ4n) is 2.41. The minimum absolute atomic E-state index is 0.0275. The maximum atomic E-state index is 12.8. The number of amides is 1. The normalized spacial score (nSPS) is 11.1. The zero-order valence-electron chi connectivity index (χ0n) is 15.3. The van der Waals surface area contributed by atoms with Gasteiger partial charge in [0.2, 0.25) is 5.88 Å². The Balaban J connectivity index is 1.99. The number of nitrogens with one attached hydrogen (secondary N) is 2. The molecule has 0 aliphatic carbocycles. The van der Waals surface area contributed by atoms with E-state index >= 15 is 0 Å². The van der Waals surface area contributed by atoms with E-state index in [0.29, 0.717) is 0 Å². The predicted octanol–water partition coefficient (Wildman–Crippen LogP) is 4.99. The molecular weight excluding hydrogens is 473 g/mol. The largest absolute Gasteiger partial charge is 0.436 e. The second-order valence-corrected chi connectivity index (χ2v) is 8.80. The van der Waals surface area contributed by atoms with Gasteiger partial charge in [0.15, 0.2) is 0 Å². The predicted molar refractivity (Wildman–Crippen MR) is 116 cm³/mol. The standard InChI is InChI=1S/C19H14Cl3N3O4S/c1-23-18(26)13-4-2-3-5-17(13)29-19-16(8-11(20)10-24-19)25-30(27,28)12-6-7-14(21)15(22)9-12/h2-10,25H,1H3,(H,23,26). The molecule has 11 heteroatoms. The Morgan fingerprint density at radius 3 is 2.47 bits per heavy atom. The van der Waals surface area contributed by atoms with E-state index in [2.05, 4.69) is 15.0 Å². The van der Waals surface area contributed by atoms with Crippen LogP contribution in [0.2, 0.25) is 15.1 Å². The van der Waals surface area contributed by atoms with Crippen LogP contribution in [0.25, 0.3) is 0 Å². The first-order valence-corrected chi connectivity index (χ1v) is 11.0. The van der Waals surface area contributed by atoms with Crippen molar-refractivity contribution >= 4 is 56.4 Å². The van der Waals surface area contributed by atoms with Gasteiger partial charge in [-0.15, -0.1) is 0 Å². The summed E-state index contributed by atoms with van der Waals surface area (Å²) in [6, 6.07) is 11.7. The van der Waals surface area contributed by atoms with Crippen molar-refractivity contribution in [3.63, 3.8) is 0 Å². The lowest BCUT2D eigenvalue weighted by Crippen LogP contribution is -2.18. The van der Waals surface area contributed by atoms with Crippen LogP contribution in [-0.4, -0.2) is 26.4 Å². The molecule has 1 amide bonds. The van der Waals surface area contributed by atoms with Gasteiger partial charge in [0, 0.05) is 13.2 Å². The number of pyridine rings is 1. The number of sulfonamides is 1. The van der Waals surface area contributed by atoms with Crippen LogP contribution in [-0.2, 0) is 10.0 Å². The van der Waals surface area contributed by atoms with E-state index in [0.717, 1.165) is 0 Å². The molecule has 1 aromatic heterocycles. The van der Waals surface area contributed by atoms with Gasteiger partial charge in [-0.2, -0.15) is 0 Å². The number of para-hydroxylation sites is 1. The molecule has 0 aliphatic heterocycles. The molecular formula is C19H14Cl3N3O4S. The molecule has 0 aliphatic rings. The summed E-state index contributed by atoms with van der Waals surface area (Å²) in [5, 5.41) is 2.98. The highest BCUT2D eigenvalue weighted by Crippen LogP contribution is 2.33. The van der Waals surface area contributed by atoms with E-state index in [4.69, 9.17) is 39.5 Å². The molecule has 2 N–H and O–H groups in total. The van der Waals surface area contributed by atoms with Gasteiger partial charge in [0.05, 0.1) is 25.5 Å². The summed E-state index contributed by atoms with van der Waals surface area (Å²) in [5.41, 5.74) is 0.218. The maximum Gasteiger partial charge on any atom is 0.262 e. The molecule has 156 valence electrons. The number of aromatic nitrogens is 1. The quantitative estimate of drug-likeness (QED) is 0.511. The Bertz CT molecular complexity index is 1220. The number of benzene rings is 2. The number of hydrogen-bond donors (Lipinski definition) is 2. The smallest absolute Gasteiger partial charge is 0.262 e. The van der Waals surface area contributed by atoms with Gasteiger partial charge in [0.25, 0.3) is 15.9 Å². The van der Waals surface area contributed by atoms with Gasteiger partial charge >= 0.3 is 0 Å². The molecule has 2 aromatic carbocycles. The number of nitrogens with zero attached hydrogens (tertiary/aromatic N) is 1. The minimum atomic E-state index is -4.07. The van der Waals surface area contributed by atoms with Crippen molar-refractivity contribution < 1.29 is 17.9 Å². The van der Waals surface area contributed by atoms with Crippen molar-refractivity contribution in [2.45, 2.75) is 4.90 Å². The van der Waals surface area contributed by atoms with Crippen LogP contribution in [0.15, 0.2) is 59.6 Å². The van der Waals surface area contributed by atoms with Crippen molar-refractivity contribution in [2.75, 3.05) is 11.8 Å². The molecule has 7 nitrogen and oxygen atoms in total. The molecule has 1 heterocycles. The summed E-state index contributed by atoms with van der Waals surface area (Å²) in [6.07, 6.45) is 1.29. The van der Waals surface area contributed by atoms with Crippen molar-refractivity contribution in [3.8, 4) is 11.6 Å². The molecule has 0 saturated heterocycles. The summed E-state index contributed by atoms with van der Waals surface area (Å²) < 4.78 is 33.7. The first-order chi connectivity index (χ1) is 14.2. The fourth-order valence-corrected chi connectivity index (χ4v) is 4.01. The van der Waals surface area contributed by atoms with E-state index in [9.17, 15) is 13.2 Å². The third-order valence-electron chi connectivity index (χ3n) is 3.83. The summed E-state index contributed by atoms with van der Waals surface area (Å²) in [4.78, 5) is 16.0. The molecule has 3 aromatic rings. The van der Waals surface area contributed by atoms with Crippen LogP contribution in [0.5, 0.6) is 11.6 Å². The lowest BCUT2D eigenvalue weighted by molar-refractivity contribution is 0.0960. The molecule has 0 unspecified atom stereocenters. The lowest BCUT2D eigenvalue weighted by atomic mass is 10.2. The fraction of sp³-hybridized carbons (Fsp3) is 0.0526. The summed E-state index contributed by atoms with van der Waals surface area (Å²) >= 11 is 17.8. The first kappa shape index (κ1) is 22.2. The SMILES string of the molecule is CNC(=O)c1ccccc1Oc1ncc(Cl)cc1NS(=O)(=O)c1ccc(Cl)c(Cl)c1. The molecule has 0 bridgehead atoms. The van der Waals surface area contributed by atoms with Crippen molar-refractivity contribution in [1.82, 2.24) is 10.3 Å². The van der Waals surface area contributed by atoms with E-state index in [1.54, 1.807) is 24.3 Å². The minimum Gasteiger partial charge on any atom is -0.436 e. The second kappa shape index (κ2) is 9.09. The van der Waals surface area contributed by atoms with E-state index in [-0.39, 0.29) is 48.8 Å². The van der Waals surface area contributed by atoms with Gasteiger partial charge in [-0.3, -0.25) is 9.52 Å². The highest BCUT2D eigenvalue weighted by molar-refractivity contribution is 7.92. The molecule has 30 heavy (non-hydrogen) atoms. The molecule has 0 saturated carbocycles. The topological polar surface area (TPSA) is 97.4 Å². The van der Waals surface area contributed by atoms with Gasteiger partial charge in [-0.25, -0.2) is 13.4 Å². The molecule has 3 rings (SSSR count). The number of halogens is 3. The van der Waals surface area contributed by atoms with Gasteiger partial charge in [0.1, 0.15) is 11.4 Å². The van der Waals surface area contributed by atoms with Crippen LogP contribution >= 0.6 is 34.8 Å². The van der Waals surface area contributed by atoms with Crippen molar-refractivity contribution in [1.29, 1.82) is 0 Å². The third-order valence-corrected chi connectivity index (χ3v) is 6.14. The Kier molecular flexibility index (Phi) is 6.72. The number of carbonyl (C=O) groups excluding carboxylic acids is 1. The number of hydrogen-bond acceptors (Lipinski definition) is 5. The Morgan fingerprint density at radius 2 is 1.77 bits per heavy atom. The van der Waals surface area contributed by atoms with Crippen molar-refractivity contribution in [3.05, 3.63) is 75.4 Å². The van der Waals surface area contributed by atoms with Crippen molar-refractivity contribution in [2.24, 2.45) is 0 Å². The summed E-state index contributed by atoms with van der Waals surface area (Å²) in [7, 11) is -2.58. The maximum absolute atomic E-state index is 12.8. The number of rotatable bonds is 6. The number of anilines is 1. The van der Waals surface area contributed by atoms with Crippen LogP contribution in [0.1, 0.15) is 10.4 Å². The van der Waals surface area contributed by atoms with E-state index in [1.165, 1.54) is 37.5 Å². The third kappa shape index (κ3) is 4.96. The molecule has 0 spiro atoms. The molecule has 0 fully saturated rings. The van der Waals surface area contributed by atoms with E-state index < -0.39 is 10.0 Å². The molecule has 0 atom stereocenters. The highest BCUT2D eigenvalue weighted by atomic mass is 35.5. The average Bonchev–Trinajstić information content (AvgIpc) is 2.71. The average molecular weight is 487 g/mol. The zero-order chi connectivity index (χ0) is 21.9. The second-order valence-electron chi connectivity index (χ2n) is 5.87. The zero-order valence-corrected chi connectivity index (χ0v) is 18.4. The van der Waals surface area contributed by atoms with E-state index in [1.807, 2.05) is 0 Å². The Morgan fingerprint density at radius 1 is 1.03 bits per heavy atom. The summed E-state index contributed by atoms with van der Waals surface area (Å²) in [5.74, 6) is -0.293.